The van der Waals surface area contributed by atoms with Crippen LogP contribution in [0.5, 0.6) is 0 Å². The van der Waals surface area contributed by atoms with E-state index in [1.54, 1.807) is 0 Å². The molecule has 0 aromatic carbocycles. The predicted molar refractivity (Wildman–Crippen MR) is 28.7 cm³/mol. The maximum Gasteiger partial charge on any atom is 0.328 e. The normalized spacial score (nSPS) is 9.50. The van der Waals surface area contributed by atoms with E-state index < -0.39 is 5.97 Å². The Bertz CT molecular complexity index is 123. The van der Waals surface area contributed by atoms with Crippen LogP contribution in [0.4, 0.5) is 0 Å². The molecular weight excluding hydrogens is 108 g/mol. The summed E-state index contributed by atoms with van der Waals surface area (Å²) in [5.41, 5.74) is 4.77. The van der Waals surface area contributed by atoms with Gasteiger partial charge in [0.1, 0.15) is 5.84 Å². The van der Waals surface area contributed by atoms with E-state index >= 15 is 0 Å². The Hall–Kier alpha value is -1.32. The topological polar surface area (TPSA) is 87.2 Å². The first-order valence-electron chi connectivity index (χ1n) is 1.88. The quantitative estimate of drug-likeness (QED) is 0.258. The first-order valence-corrected chi connectivity index (χ1v) is 1.88. The molecule has 0 aliphatic rings. The Morgan fingerprint density at radius 1 is 1.62 bits per heavy atom. The van der Waals surface area contributed by atoms with Crippen molar-refractivity contribution in [1.82, 2.24) is 0 Å². The van der Waals surface area contributed by atoms with Gasteiger partial charge in [-0.1, -0.05) is 0 Å². The van der Waals surface area contributed by atoms with Gasteiger partial charge in [-0.25, -0.2) is 4.79 Å². The number of carboxylic acids is 1. The monoisotopic (exact) mass is 114 g/mol. The van der Waals surface area contributed by atoms with Crippen LogP contribution >= 0.6 is 0 Å². The first-order chi connectivity index (χ1) is 3.63. The number of hydrogen-bond donors (Lipinski definition) is 3. The largest absolute Gasteiger partial charge is 0.478 e. The maximum absolute atomic E-state index is 9.66. The zero-order valence-electron chi connectivity index (χ0n) is 4.09. The molecule has 0 amide bonds. The van der Waals surface area contributed by atoms with Crippen molar-refractivity contribution in [1.29, 1.82) is 5.41 Å². The molecule has 0 unspecified atom stereocenters. The van der Waals surface area contributed by atoms with Crippen LogP contribution in [-0.4, -0.2) is 16.9 Å². The molecule has 0 spiro atoms. The van der Waals surface area contributed by atoms with Gasteiger partial charge in [-0.05, 0) is 6.08 Å². The summed E-state index contributed by atoms with van der Waals surface area (Å²) in [6.07, 6.45) is 1.81. The van der Waals surface area contributed by atoms with Crippen LogP contribution in [0.1, 0.15) is 0 Å². The molecule has 0 rings (SSSR count). The summed E-state index contributed by atoms with van der Waals surface area (Å²) in [5.74, 6) is -1.35. The van der Waals surface area contributed by atoms with Gasteiger partial charge in [0.05, 0.1) is 0 Å². The number of aliphatic carboxylic acids is 1. The minimum atomic E-state index is -1.10. The molecule has 0 fully saturated rings. The van der Waals surface area contributed by atoms with Gasteiger partial charge in [0.2, 0.25) is 0 Å². The Kier molecular flexibility index (Phi) is 2.33. The second-order valence-corrected chi connectivity index (χ2v) is 1.13. The maximum atomic E-state index is 9.66. The van der Waals surface area contributed by atoms with Gasteiger partial charge in [0, 0.05) is 6.08 Å². The van der Waals surface area contributed by atoms with Crippen molar-refractivity contribution >= 4 is 11.8 Å². The summed E-state index contributed by atoms with van der Waals surface area (Å²) in [4.78, 5) is 9.66. The van der Waals surface area contributed by atoms with Crippen LogP contribution in [0.2, 0.25) is 0 Å². The molecule has 0 radical (unpaired) electrons. The molecule has 0 bridgehead atoms. The average Bonchev–Trinajstić information content (AvgIpc) is 1.61. The first kappa shape index (κ1) is 6.68. The molecule has 0 aromatic heterocycles. The lowest BCUT2D eigenvalue weighted by Crippen LogP contribution is -2.05. The van der Waals surface area contributed by atoms with Crippen LogP contribution < -0.4 is 5.73 Å². The molecule has 0 aliphatic carbocycles. The van der Waals surface area contributed by atoms with E-state index in [-0.39, 0.29) is 5.84 Å². The second-order valence-electron chi connectivity index (χ2n) is 1.13. The van der Waals surface area contributed by atoms with Crippen molar-refractivity contribution in [3.63, 3.8) is 0 Å². The van der Waals surface area contributed by atoms with Crippen molar-refractivity contribution < 1.29 is 9.90 Å². The minimum Gasteiger partial charge on any atom is -0.478 e. The van der Waals surface area contributed by atoms with Gasteiger partial charge in [-0.15, -0.1) is 0 Å². The van der Waals surface area contributed by atoms with Crippen LogP contribution in [-0.2, 0) is 4.79 Å². The third-order valence-electron chi connectivity index (χ3n) is 0.405. The zero-order chi connectivity index (χ0) is 6.57. The van der Waals surface area contributed by atoms with Crippen molar-refractivity contribution in [3.8, 4) is 0 Å². The van der Waals surface area contributed by atoms with Crippen LogP contribution in [0.3, 0.4) is 0 Å². The third-order valence-corrected chi connectivity index (χ3v) is 0.405. The smallest absolute Gasteiger partial charge is 0.328 e. The summed E-state index contributed by atoms with van der Waals surface area (Å²) in [5, 5.41) is 14.4. The fraction of sp³-hybridized carbons (Fsp3) is 0. The predicted octanol–water partition coefficient (Wildman–Crippen LogP) is -0.437. The van der Waals surface area contributed by atoms with E-state index in [4.69, 9.17) is 16.2 Å². The molecule has 0 saturated carbocycles. The Labute approximate surface area is 46.1 Å². The molecular formula is C4H6N2O2. The summed E-state index contributed by atoms with van der Waals surface area (Å²) < 4.78 is 0. The highest BCUT2D eigenvalue weighted by Gasteiger charge is 1.83. The number of nitrogens with one attached hydrogen (secondary N) is 1. The average molecular weight is 114 g/mol. The lowest BCUT2D eigenvalue weighted by atomic mass is 10.5. The molecule has 4 nitrogen and oxygen atoms in total. The molecule has 0 saturated heterocycles. The standard InChI is InChI=1S/C4H6N2O2/c5-3(6)1-2-4(7)8/h1-2H,(H3,5,6)(H,7,8)/b2-1+. The summed E-state index contributed by atoms with van der Waals surface area (Å²) in [6.45, 7) is 0. The lowest BCUT2D eigenvalue weighted by molar-refractivity contribution is -0.131. The number of carboxylic acid groups (broad SMARTS) is 1. The van der Waals surface area contributed by atoms with E-state index in [0.29, 0.717) is 0 Å². The van der Waals surface area contributed by atoms with Gasteiger partial charge >= 0.3 is 5.97 Å². The highest BCUT2D eigenvalue weighted by atomic mass is 16.4. The molecule has 4 N–H and O–H groups in total. The number of amidine groups is 1. The van der Waals surface area contributed by atoms with Crippen molar-refractivity contribution in [2.24, 2.45) is 5.73 Å². The Morgan fingerprint density at radius 2 is 2.12 bits per heavy atom. The van der Waals surface area contributed by atoms with Gasteiger partial charge in [-0.2, -0.15) is 0 Å². The molecule has 8 heavy (non-hydrogen) atoms. The SMILES string of the molecule is N=C(N)/C=C/C(=O)O. The molecule has 4 heteroatoms. The van der Waals surface area contributed by atoms with E-state index in [0.717, 1.165) is 12.2 Å². The number of rotatable bonds is 2. The van der Waals surface area contributed by atoms with Gasteiger partial charge in [0.15, 0.2) is 0 Å². The molecule has 0 aromatic rings. The minimum absolute atomic E-state index is 0.257. The van der Waals surface area contributed by atoms with Gasteiger partial charge < -0.3 is 10.8 Å². The fourth-order valence-electron chi connectivity index (χ4n) is 0.161. The van der Waals surface area contributed by atoms with Crippen LogP contribution in [0.15, 0.2) is 12.2 Å². The number of hydrogen-bond acceptors (Lipinski definition) is 2. The van der Waals surface area contributed by atoms with Crippen LogP contribution in [0, 0.1) is 5.41 Å². The molecule has 0 atom stereocenters. The van der Waals surface area contributed by atoms with Crippen molar-refractivity contribution in [3.05, 3.63) is 12.2 Å². The van der Waals surface area contributed by atoms with Crippen LogP contribution in [0.25, 0.3) is 0 Å². The van der Waals surface area contributed by atoms with E-state index in [1.807, 2.05) is 0 Å². The fourth-order valence-corrected chi connectivity index (χ4v) is 0.161. The van der Waals surface area contributed by atoms with E-state index in [1.165, 1.54) is 0 Å². The summed E-state index contributed by atoms with van der Waals surface area (Å²) >= 11 is 0. The highest BCUT2D eigenvalue weighted by molar-refractivity contribution is 5.94. The second kappa shape index (κ2) is 2.79. The molecule has 0 aliphatic heterocycles. The number of carbonyl (C=O) groups is 1. The summed E-state index contributed by atoms with van der Waals surface area (Å²) in [6, 6.07) is 0. The van der Waals surface area contributed by atoms with Gasteiger partial charge in [0.25, 0.3) is 0 Å². The van der Waals surface area contributed by atoms with Crippen molar-refractivity contribution in [2.45, 2.75) is 0 Å². The molecule has 44 valence electrons. The Morgan fingerprint density at radius 3 is 2.25 bits per heavy atom. The van der Waals surface area contributed by atoms with Gasteiger partial charge in [-0.3, -0.25) is 5.41 Å². The molecule has 0 heterocycles. The van der Waals surface area contributed by atoms with E-state index in [2.05, 4.69) is 0 Å². The highest BCUT2D eigenvalue weighted by Crippen LogP contribution is 1.68. The van der Waals surface area contributed by atoms with E-state index in [9.17, 15) is 4.79 Å². The zero-order valence-corrected chi connectivity index (χ0v) is 4.09. The number of nitrogens with two attached hydrogens (primary N) is 1. The lowest BCUT2D eigenvalue weighted by Gasteiger charge is -1.78. The third kappa shape index (κ3) is 4.68. The summed E-state index contributed by atoms with van der Waals surface area (Å²) in [7, 11) is 0. The Balaban J connectivity index is 3.67. The van der Waals surface area contributed by atoms with Crippen molar-refractivity contribution in [2.75, 3.05) is 0 Å².